The minimum Gasteiger partial charge on any atom is -0.322 e. The molecule has 1 N–H and O–H groups in total. The highest BCUT2D eigenvalue weighted by Gasteiger charge is 2.23. The van der Waals surface area contributed by atoms with Gasteiger partial charge in [-0.3, -0.25) is 4.79 Å². The fourth-order valence-corrected chi connectivity index (χ4v) is 4.17. The standard InChI is InChI=1S/C19H23FN2O3S/c1-3-12-22(13-4-2)26(24,25)18-10-8-15(9-11-18)19(23)21-17-7-5-6-16(20)14-17/h5-11,14H,3-4,12-13H2,1-2H3,(H,21,23). The Balaban J connectivity index is 2.17. The molecule has 26 heavy (non-hydrogen) atoms. The van der Waals surface area contributed by atoms with Gasteiger partial charge in [-0.05, 0) is 55.3 Å². The highest BCUT2D eigenvalue weighted by atomic mass is 32.2. The van der Waals surface area contributed by atoms with E-state index in [1.165, 1.54) is 46.8 Å². The molecule has 0 fully saturated rings. The number of hydrogen-bond acceptors (Lipinski definition) is 3. The first-order valence-electron chi connectivity index (χ1n) is 8.55. The van der Waals surface area contributed by atoms with Gasteiger partial charge >= 0.3 is 0 Å². The zero-order chi connectivity index (χ0) is 19.2. The lowest BCUT2D eigenvalue weighted by molar-refractivity contribution is 0.102. The quantitative estimate of drug-likeness (QED) is 0.758. The van der Waals surface area contributed by atoms with Gasteiger partial charge in [0, 0.05) is 24.3 Å². The Morgan fingerprint density at radius 2 is 1.65 bits per heavy atom. The Morgan fingerprint density at radius 1 is 1.04 bits per heavy atom. The summed E-state index contributed by atoms with van der Waals surface area (Å²) in [7, 11) is -3.58. The van der Waals surface area contributed by atoms with Crippen molar-refractivity contribution >= 4 is 21.6 Å². The normalized spacial score (nSPS) is 11.5. The summed E-state index contributed by atoms with van der Waals surface area (Å²) in [6.45, 7) is 4.77. The number of amides is 1. The van der Waals surface area contributed by atoms with Crippen LogP contribution in [0, 0.1) is 5.82 Å². The van der Waals surface area contributed by atoms with Crippen LogP contribution in [0.3, 0.4) is 0 Å². The van der Waals surface area contributed by atoms with Gasteiger partial charge in [0.05, 0.1) is 4.90 Å². The van der Waals surface area contributed by atoms with Gasteiger partial charge in [-0.25, -0.2) is 12.8 Å². The number of nitrogens with one attached hydrogen (secondary N) is 1. The fraction of sp³-hybridized carbons (Fsp3) is 0.316. The summed E-state index contributed by atoms with van der Waals surface area (Å²) in [5.74, 6) is -0.880. The Kier molecular flexibility index (Phi) is 6.88. The van der Waals surface area contributed by atoms with Crippen molar-refractivity contribution in [1.82, 2.24) is 4.31 Å². The molecule has 0 bridgehead atoms. The van der Waals surface area contributed by atoms with Crippen LogP contribution in [-0.4, -0.2) is 31.7 Å². The lowest BCUT2D eigenvalue weighted by atomic mass is 10.2. The maximum Gasteiger partial charge on any atom is 0.255 e. The van der Waals surface area contributed by atoms with Gasteiger partial charge in [0.25, 0.3) is 5.91 Å². The third-order valence-corrected chi connectivity index (χ3v) is 5.70. The monoisotopic (exact) mass is 378 g/mol. The van der Waals surface area contributed by atoms with Crippen LogP contribution >= 0.6 is 0 Å². The SMILES string of the molecule is CCCN(CCC)S(=O)(=O)c1ccc(C(=O)Nc2cccc(F)c2)cc1. The van der Waals surface area contributed by atoms with Crippen molar-refractivity contribution in [3.05, 3.63) is 59.9 Å². The maximum atomic E-state index is 13.2. The van der Waals surface area contributed by atoms with E-state index in [-0.39, 0.29) is 4.90 Å². The summed E-state index contributed by atoms with van der Waals surface area (Å²) in [4.78, 5) is 12.4. The summed E-state index contributed by atoms with van der Waals surface area (Å²) in [5.41, 5.74) is 0.634. The molecular weight excluding hydrogens is 355 g/mol. The Morgan fingerprint density at radius 3 is 2.19 bits per heavy atom. The molecule has 0 aliphatic rings. The van der Waals surface area contributed by atoms with Crippen LogP contribution in [0.4, 0.5) is 10.1 Å². The molecule has 0 saturated carbocycles. The van der Waals surface area contributed by atoms with Crippen molar-refractivity contribution < 1.29 is 17.6 Å². The number of hydrogen-bond donors (Lipinski definition) is 1. The van der Waals surface area contributed by atoms with E-state index in [1.807, 2.05) is 13.8 Å². The van der Waals surface area contributed by atoms with Gasteiger partial charge in [0.15, 0.2) is 0 Å². The summed E-state index contributed by atoms with van der Waals surface area (Å²) >= 11 is 0. The number of nitrogens with zero attached hydrogens (tertiary/aromatic N) is 1. The molecule has 0 atom stereocenters. The largest absolute Gasteiger partial charge is 0.322 e. The first kappa shape index (κ1) is 20.1. The number of carbonyl (C=O) groups is 1. The number of carbonyl (C=O) groups excluding carboxylic acids is 1. The predicted molar refractivity (Wildman–Crippen MR) is 100 cm³/mol. The molecule has 1 amide bonds. The fourth-order valence-electron chi connectivity index (χ4n) is 2.55. The number of rotatable bonds is 8. The third kappa shape index (κ3) is 4.89. The van der Waals surface area contributed by atoms with E-state index >= 15 is 0 Å². The Labute approximate surface area is 153 Å². The van der Waals surface area contributed by atoms with Gasteiger partial charge < -0.3 is 5.32 Å². The predicted octanol–water partition coefficient (Wildman–Crippen LogP) is 3.89. The van der Waals surface area contributed by atoms with E-state index < -0.39 is 21.7 Å². The lowest BCUT2D eigenvalue weighted by Gasteiger charge is -2.21. The molecule has 0 aliphatic heterocycles. The number of sulfonamides is 1. The van der Waals surface area contributed by atoms with Gasteiger partial charge in [-0.1, -0.05) is 19.9 Å². The summed E-state index contributed by atoms with van der Waals surface area (Å²) in [6, 6.07) is 11.3. The van der Waals surface area contributed by atoms with Gasteiger partial charge in [0.1, 0.15) is 5.82 Å². The maximum absolute atomic E-state index is 13.2. The first-order valence-corrected chi connectivity index (χ1v) is 9.99. The van der Waals surface area contributed by atoms with Crippen LogP contribution in [0.5, 0.6) is 0 Å². The van der Waals surface area contributed by atoms with Gasteiger partial charge in [-0.2, -0.15) is 4.31 Å². The second kappa shape index (κ2) is 8.91. The van der Waals surface area contributed by atoms with E-state index in [2.05, 4.69) is 5.32 Å². The molecule has 2 rings (SSSR count). The molecule has 0 unspecified atom stereocenters. The van der Waals surface area contributed by atoms with E-state index in [1.54, 1.807) is 6.07 Å². The molecule has 5 nitrogen and oxygen atoms in total. The number of anilines is 1. The molecular formula is C19H23FN2O3S. The summed E-state index contributed by atoms with van der Waals surface area (Å²) < 4.78 is 40.0. The van der Waals surface area contributed by atoms with Crippen LogP contribution in [0.25, 0.3) is 0 Å². The highest BCUT2D eigenvalue weighted by Crippen LogP contribution is 2.18. The van der Waals surface area contributed by atoms with Gasteiger partial charge in [-0.15, -0.1) is 0 Å². The average molecular weight is 378 g/mol. The number of halogens is 1. The van der Waals surface area contributed by atoms with Crippen LogP contribution < -0.4 is 5.32 Å². The summed E-state index contributed by atoms with van der Waals surface area (Å²) in [6.07, 6.45) is 1.46. The molecule has 0 heterocycles. The van der Waals surface area contributed by atoms with E-state index in [9.17, 15) is 17.6 Å². The molecule has 0 aliphatic carbocycles. The van der Waals surface area contributed by atoms with Crippen LogP contribution in [0.2, 0.25) is 0 Å². The van der Waals surface area contributed by atoms with Crippen molar-refractivity contribution in [3.63, 3.8) is 0 Å². The molecule has 0 aromatic heterocycles. The zero-order valence-electron chi connectivity index (χ0n) is 14.9. The van der Waals surface area contributed by atoms with Crippen molar-refractivity contribution in [1.29, 1.82) is 0 Å². The first-order chi connectivity index (χ1) is 12.4. The van der Waals surface area contributed by atoms with Crippen LogP contribution in [-0.2, 0) is 10.0 Å². The minimum absolute atomic E-state index is 0.154. The molecule has 2 aromatic rings. The van der Waals surface area contributed by atoms with Crippen molar-refractivity contribution in [2.45, 2.75) is 31.6 Å². The number of benzene rings is 2. The summed E-state index contributed by atoms with van der Waals surface area (Å²) in [5, 5.41) is 2.58. The zero-order valence-corrected chi connectivity index (χ0v) is 15.7. The Bertz CT molecular complexity index is 845. The molecule has 7 heteroatoms. The average Bonchev–Trinajstić information content (AvgIpc) is 2.61. The van der Waals surface area contributed by atoms with Gasteiger partial charge in [0.2, 0.25) is 10.0 Å². The molecule has 2 aromatic carbocycles. The van der Waals surface area contributed by atoms with Crippen molar-refractivity contribution in [3.8, 4) is 0 Å². The third-order valence-electron chi connectivity index (χ3n) is 3.78. The smallest absolute Gasteiger partial charge is 0.255 e. The van der Waals surface area contributed by atoms with Crippen molar-refractivity contribution in [2.75, 3.05) is 18.4 Å². The highest BCUT2D eigenvalue weighted by molar-refractivity contribution is 7.89. The van der Waals surface area contributed by atoms with E-state index in [0.29, 0.717) is 24.3 Å². The van der Waals surface area contributed by atoms with Crippen LogP contribution in [0.15, 0.2) is 53.4 Å². The topological polar surface area (TPSA) is 66.5 Å². The Hall–Kier alpha value is -2.25. The van der Waals surface area contributed by atoms with Crippen molar-refractivity contribution in [2.24, 2.45) is 0 Å². The second-order valence-electron chi connectivity index (χ2n) is 5.89. The molecule has 140 valence electrons. The second-order valence-corrected chi connectivity index (χ2v) is 7.83. The van der Waals surface area contributed by atoms with E-state index in [4.69, 9.17) is 0 Å². The molecule has 0 spiro atoms. The minimum atomic E-state index is -3.58. The van der Waals surface area contributed by atoms with Crippen LogP contribution in [0.1, 0.15) is 37.0 Å². The molecule has 0 saturated heterocycles. The lowest BCUT2D eigenvalue weighted by Crippen LogP contribution is -2.32. The molecule has 0 radical (unpaired) electrons. The van der Waals surface area contributed by atoms with E-state index in [0.717, 1.165) is 12.8 Å².